The Morgan fingerprint density at radius 1 is 1.19 bits per heavy atom. The molecule has 1 aromatic carbocycles. The van der Waals surface area contributed by atoms with Crippen molar-refractivity contribution in [3.05, 3.63) is 29.3 Å². The SMILES string of the molecule is CCC(C)N(CC)Cc1cc(CNC(C)C)ccc1OC. The molecular weight excluding hydrogens is 260 g/mol. The summed E-state index contributed by atoms with van der Waals surface area (Å²) in [5.74, 6) is 0.991. The van der Waals surface area contributed by atoms with Crippen LogP contribution in [0.5, 0.6) is 5.75 Å². The maximum atomic E-state index is 5.54. The Hall–Kier alpha value is -1.06. The third-order valence-corrected chi connectivity index (χ3v) is 4.05. The standard InChI is InChI=1S/C18H32N2O/c1-7-15(5)20(8-2)13-17-11-16(12-19-14(3)4)9-10-18(17)21-6/h9-11,14-15,19H,7-8,12-13H2,1-6H3. The number of methoxy groups -OCH3 is 1. The molecule has 0 aliphatic rings. The van der Waals surface area contributed by atoms with Crippen LogP contribution < -0.4 is 10.1 Å². The van der Waals surface area contributed by atoms with Gasteiger partial charge < -0.3 is 10.1 Å². The summed E-state index contributed by atoms with van der Waals surface area (Å²) >= 11 is 0. The molecule has 1 unspecified atom stereocenters. The molecule has 0 fully saturated rings. The van der Waals surface area contributed by atoms with Crippen molar-refractivity contribution in [1.82, 2.24) is 10.2 Å². The molecule has 1 aromatic rings. The first kappa shape index (κ1) is 18.0. The van der Waals surface area contributed by atoms with Gasteiger partial charge in [0.1, 0.15) is 5.75 Å². The molecule has 0 spiro atoms. The minimum Gasteiger partial charge on any atom is -0.496 e. The maximum absolute atomic E-state index is 5.54. The molecule has 0 radical (unpaired) electrons. The van der Waals surface area contributed by atoms with E-state index >= 15 is 0 Å². The van der Waals surface area contributed by atoms with Gasteiger partial charge in [0, 0.05) is 30.7 Å². The average Bonchev–Trinajstić information content (AvgIpc) is 2.49. The molecule has 0 saturated carbocycles. The van der Waals surface area contributed by atoms with Crippen LogP contribution in [0.25, 0.3) is 0 Å². The van der Waals surface area contributed by atoms with Crippen LogP contribution in [0.4, 0.5) is 0 Å². The van der Waals surface area contributed by atoms with E-state index in [1.807, 2.05) is 0 Å². The van der Waals surface area contributed by atoms with E-state index in [9.17, 15) is 0 Å². The van der Waals surface area contributed by atoms with E-state index in [4.69, 9.17) is 4.74 Å². The Balaban J connectivity index is 2.88. The van der Waals surface area contributed by atoms with Crippen LogP contribution in [0.15, 0.2) is 18.2 Å². The first-order valence-corrected chi connectivity index (χ1v) is 8.14. The van der Waals surface area contributed by atoms with Crippen LogP contribution in [-0.2, 0) is 13.1 Å². The van der Waals surface area contributed by atoms with Crippen molar-refractivity contribution in [1.29, 1.82) is 0 Å². The van der Waals surface area contributed by atoms with Gasteiger partial charge in [-0.1, -0.05) is 33.8 Å². The lowest BCUT2D eigenvalue weighted by molar-refractivity contribution is 0.203. The van der Waals surface area contributed by atoms with Gasteiger partial charge in [-0.3, -0.25) is 4.90 Å². The molecule has 0 saturated heterocycles. The summed E-state index contributed by atoms with van der Waals surface area (Å²) in [6.45, 7) is 14.0. The topological polar surface area (TPSA) is 24.5 Å². The summed E-state index contributed by atoms with van der Waals surface area (Å²) in [5, 5.41) is 3.47. The van der Waals surface area contributed by atoms with E-state index in [-0.39, 0.29) is 0 Å². The highest BCUT2D eigenvalue weighted by Crippen LogP contribution is 2.23. The number of benzene rings is 1. The summed E-state index contributed by atoms with van der Waals surface area (Å²) in [5.41, 5.74) is 2.60. The number of nitrogens with zero attached hydrogens (tertiary/aromatic N) is 1. The minimum atomic E-state index is 0.503. The van der Waals surface area contributed by atoms with Gasteiger partial charge in [0.25, 0.3) is 0 Å². The lowest BCUT2D eigenvalue weighted by atomic mass is 10.1. The molecule has 120 valence electrons. The van der Waals surface area contributed by atoms with E-state index in [1.165, 1.54) is 17.5 Å². The molecule has 3 heteroatoms. The number of ether oxygens (including phenoxy) is 1. The van der Waals surface area contributed by atoms with Gasteiger partial charge >= 0.3 is 0 Å². The summed E-state index contributed by atoms with van der Waals surface area (Å²) in [6, 6.07) is 7.62. The van der Waals surface area contributed by atoms with Crippen LogP contribution in [0.3, 0.4) is 0 Å². The molecule has 0 aliphatic heterocycles. The molecule has 0 aliphatic carbocycles. The summed E-state index contributed by atoms with van der Waals surface area (Å²) in [4.78, 5) is 2.50. The monoisotopic (exact) mass is 292 g/mol. The fraction of sp³-hybridized carbons (Fsp3) is 0.667. The predicted octanol–water partition coefficient (Wildman–Crippen LogP) is 3.81. The number of rotatable bonds is 9. The second-order valence-corrected chi connectivity index (χ2v) is 6.00. The highest BCUT2D eigenvalue weighted by atomic mass is 16.5. The van der Waals surface area contributed by atoms with Crippen molar-refractivity contribution < 1.29 is 4.74 Å². The third kappa shape index (κ3) is 5.68. The highest BCUT2D eigenvalue weighted by Gasteiger charge is 2.13. The Bertz CT molecular complexity index is 418. The molecule has 3 nitrogen and oxygen atoms in total. The van der Waals surface area contributed by atoms with Gasteiger partial charge in [-0.05, 0) is 37.6 Å². The first-order chi connectivity index (χ1) is 10.0. The fourth-order valence-corrected chi connectivity index (χ4v) is 2.44. The summed E-state index contributed by atoms with van der Waals surface area (Å²) in [6.07, 6.45) is 1.17. The van der Waals surface area contributed by atoms with E-state index in [1.54, 1.807) is 7.11 Å². The van der Waals surface area contributed by atoms with Crippen molar-refractivity contribution in [2.75, 3.05) is 13.7 Å². The van der Waals surface area contributed by atoms with Gasteiger partial charge in [-0.15, -0.1) is 0 Å². The number of hydrogen-bond acceptors (Lipinski definition) is 3. The van der Waals surface area contributed by atoms with Crippen LogP contribution >= 0.6 is 0 Å². The molecule has 0 amide bonds. The van der Waals surface area contributed by atoms with Gasteiger partial charge in [0.15, 0.2) is 0 Å². The maximum Gasteiger partial charge on any atom is 0.123 e. The molecule has 1 N–H and O–H groups in total. The van der Waals surface area contributed by atoms with Crippen molar-refractivity contribution in [3.8, 4) is 5.75 Å². The fourth-order valence-electron chi connectivity index (χ4n) is 2.44. The normalized spacial score (nSPS) is 13.0. The Kier molecular flexibility index (Phi) is 7.76. The van der Waals surface area contributed by atoms with Crippen molar-refractivity contribution in [2.24, 2.45) is 0 Å². The molecule has 0 aromatic heterocycles. The van der Waals surface area contributed by atoms with E-state index < -0.39 is 0 Å². The largest absolute Gasteiger partial charge is 0.496 e. The minimum absolute atomic E-state index is 0.503. The van der Waals surface area contributed by atoms with E-state index in [0.717, 1.165) is 25.4 Å². The molecule has 1 rings (SSSR count). The summed E-state index contributed by atoms with van der Waals surface area (Å²) < 4.78 is 5.54. The van der Waals surface area contributed by atoms with Crippen molar-refractivity contribution in [2.45, 2.75) is 66.2 Å². The molecule has 0 bridgehead atoms. The summed E-state index contributed by atoms with van der Waals surface area (Å²) in [7, 11) is 1.75. The lowest BCUT2D eigenvalue weighted by Crippen LogP contribution is -2.32. The highest BCUT2D eigenvalue weighted by molar-refractivity contribution is 5.37. The van der Waals surface area contributed by atoms with E-state index in [2.05, 4.69) is 63.0 Å². The molecule has 1 atom stereocenters. The van der Waals surface area contributed by atoms with Crippen molar-refractivity contribution in [3.63, 3.8) is 0 Å². The van der Waals surface area contributed by atoms with Crippen molar-refractivity contribution >= 4 is 0 Å². The van der Waals surface area contributed by atoms with Crippen LogP contribution in [-0.4, -0.2) is 30.6 Å². The lowest BCUT2D eigenvalue weighted by Gasteiger charge is -2.28. The Morgan fingerprint density at radius 2 is 1.90 bits per heavy atom. The third-order valence-electron chi connectivity index (χ3n) is 4.05. The van der Waals surface area contributed by atoms with Gasteiger partial charge in [0.2, 0.25) is 0 Å². The number of nitrogens with one attached hydrogen (secondary N) is 1. The van der Waals surface area contributed by atoms with Crippen LogP contribution in [0.1, 0.15) is 52.2 Å². The number of hydrogen-bond donors (Lipinski definition) is 1. The van der Waals surface area contributed by atoms with Crippen LogP contribution in [0.2, 0.25) is 0 Å². The Labute approximate surface area is 130 Å². The second-order valence-electron chi connectivity index (χ2n) is 6.00. The van der Waals surface area contributed by atoms with Gasteiger partial charge in [-0.25, -0.2) is 0 Å². The van der Waals surface area contributed by atoms with E-state index in [0.29, 0.717) is 12.1 Å². The van der Waals surface area contributed by atoms with Gasteiger partial charge in [-0.2, -0.15) is 0 Å². The first-order valence-electron chi connectivity index (χ1n) is 8.14. The van der Waals surface area contributed by atoms with Crippen LogP contribution in [0, 0.1) is 0 Å². The average molecular weight is 292 g/mol. The molecule has 21 heavy (non-hydrogen) atoms. The van der Waals surface area contributed by atoms with Gasteiger partial charge in [0.05, 0.1) is 7.11 Å². The zero-order chi connectivity index (χ0) is 15.8. The Morgan fingerprint density at radius 3 is 2.43 bits per heavy atom. The molecular formula is C18H32N2O. The zero-order valence-corrected chi connectivity index (χ0v) is 14.6. The zero-order valence-electron chi connectivity index (χ0n) is 14.6. The smallest absolute Gasteiger partial charge is 0.123 e. The quantitative estimate of drug-likeness (QED) is 0.749. The molecule has 0 heterocycles. The second kappa shape index (κ2) is 9.06. The predicted molar refractivity (Wildman–Crippen MR) is 90.8 cm³/mol.